The molecule has 0 spiro atoms. The van der Waals surface area contributed by atoms with Crippen LogP contribution in [0.15, 0.2) is 18.2 Å². The smallest absolute Gasteiger partial charge is 0.253 e. The van der Waals surface area contributed by atoms with Crippen LogP contribution >= 0.6 is 11.6 Å². The van der Waals surface area contributed by atoms with E-state index in [0.717, 1.165) is 12.8 Å². The van der Waals surface area contributed by atoms with E-state index in [-0.39, 0.29) is 23.8 Å². The van der Waals surface area contributed by atoms with E-state index in [2.05, 4.69) is 5.32 Å². The molecule has 1 aromatic rings. The fraction of sp³-hybridized carbons (Fsp3) is 0.429. The summed E-state index contributed by atoms with van der Waals surface area (Å²) in [6.07, 6.45) is 2.93. The number of nitrogens with two attached hydrogens (primary N) is 2. The molecule has 2 amide bonds. The Balaban J connectivity index is 1.96. The molecule has 0 radical (unpaired) electrons. The zero-order valence-corrected chi connectivity index (χ0v) is 11.8. The fourth-order valence-electron chi connectivity index (χ4n) is 2.50. The molecular formula is C14H18ClN3O2. The number of amides is 2. The first kappa shape index (κ1) is 14.7. The topological polar surface area (TPSA) is 98.2 Å². The van der Waals surface area contributed by atoms with Gasteiger partial charge in [-0.3, -0.25) is 9.59 Å². The Kier molecular flexibility index (Phi) is 4.49. The first-order chi connectivity index (χ1) is 9.47. The van der Waals surface area contributed by atoms with Gasteiger partial charge < -0.3 is 16.8 Å². The van der Waals surface area contributed by atoms with Crippen molar-refractivity contribution in [1.82, 2.24) is 5.32 Å². The van der Waals surface area contributed by atoms with Gasteiger partial charge >= 0.3 is 0 Å². The summed E-state index contributed by atoms with van der Waals surface area (Å²) < 4.78 is 0. The number of halogens is 1. The van der Waals surface area contributed by atoms with E-state index < -0.39 is 0 Å². The van der Waals surface area contributed by atoms with E-state index in [0.29, 0.717) is 29.1 Å². The molecule has 1 aliphatic rings. The Morgan fingerprint density at radius 3 is 2.45 bits per heavy atom. The highest BCUT2D eigenvalue weighted by atomic mass is 35.5. The SMILES string of the molecule is NC(=O)C1CCC(NC(=O)c2cc(N)ccc2Cl)CC1. The summed E-state index contributed by atoms with van der Waals surface area (Å²) in [5.74, 6) is -0.558. The number of hydrogen-bond donors (Lipinski definition) is 3. The third-order valence-electron chi connectivity index (χ3n) is 3.70. The number of benzene rings is 1. The van der Waals surface area contributed by atoms with Crippen molar-refractivity contribution in [3.8, 4) is 0 Å². The Labute approximate surface area is 122 Å². The van der Waals surface area contributed by atoms with Crippen LogP contribution in [-0.2, 0) is 4.79 Å². The Morgan fingerprint density at radius 2 is 1.85 bits per heavy atom. The second-order valence-corrected chi connectivity index (χ2v) is 5.57. The maximum absolute atomic E-state index is 12.2. The first-order valence-electron chi connectivity index (χ1n) is 6.62. The minimum Gasteiger partial charge on any atom is -0.399 e. The van der Waals surface area contributed by atoms with Crippen molar-refractivity contribution in [3.05, 3.63) is 28.8 Å². The van der Waals surface area contributed by atoms with Crippen molar-refractivity contribution >= 4 is 29.1 Å². The van der Waals surface area contributed by atoms with Gasteiger partial charge in [-0.05, 0) is 43.9 Å². The number of primary amides is 1. The van der Waals surface area contributed by atoms with Gasteiger partial charge in [-0.25, -0.2) is 0 Å². The molecule has 0 unspecified atom stereocenters. The maximum atomic E-state index is 12.2. The normalized spacial score (nSPS) is 22.2. The highest BCUT2D eigenvalue weighted by Gasteiger charge is 2.26. The van der Waals surface area contributed by atoms with E-state index in [9.17, 15) is 9.59 Å². The highest BCUT2D eigenvalue weighted by Crippen LogP contribution is 2.25. The second-order valence-electron chi connectivity index (χ2n) is 5.16. The molecule has 1 aliphatic carbocycles. The number of carbonyl (C=O) groups excluding carboxylic acids is 2. The van der Waals surface area contributed by atoms with E-state index in [1.807, 2.05) is 0 Å². The molecule has 0 atom stereocenters. The van der Waals surface area contributed by atoms with E-state index in [4.69, 9.17) is 23.1 Å². The minimum absolute atomic E-state index is 0.0515. The van der Waals surface area contributed by atoms with Crippen molar-refractivity contribution in [2.24, 2.45) is 11.7 Å². The van der Waals surface area contributed by atoms with Crippen molar-refractivity contribution in [3.63, 3.8) is 0 Å². The number of anilines is 1. The van der Waals surface area contributed by atoms with Gasteiger partial charge in [0.15, 0.2) is 0 Å². The predicted octanol–water partition coefficient (Wildman–Crippen LogP) is 1.70. The molecule has 1 aromatic carbocycles. The third-order valence-corrected chi connectivity index (χ3v) is 4.03. The van der Waals surface area contributed by atoms with Crippen LogP contribution in [0.5, 0.6) is 0 Å². The first-order valence-corrected chi connectivity index (χ1v) is 7.00. The van der Waals surface area contributed by atoms with Crippen LogP contribution in [0, 0.1) is 5.92 Å². The Morgan fingerprint density at radius 1 is 1.20 bits per heavy atom. The lowest BCUT2D eigenvalue weighted by Gasteiger charge is -2.27. The molecule has 5 N–H and O–H groups in total. The predicted molar refractivity (Wildman–Crippen MR) is 78.3 cm³/mol. The van der Waals surface area contributed by atoms with Gasteiger partial charge in [-0.15, -0.1) is 0 Å². The molecule has 6 heteroatoms. The second kappa shape index (κ2) is 6.13. The number of rotatable bonds is 3. The van der Waals surface area contributed by atoms with Crippen molar-refractivity contribution < 1.29 is 9.59 Å². The van der Waals surface area contributed by atoms with Crippen molar-refractivity contribution in [2.45, 2.75) is 31.7 Å². The van der Waals surface area contributed by atoms with Gasteiger partial charge in [0.25, 0.3) is 5.91 Å². The quantitative estimate of drug-likeness (QED) is 0.740. The highest BCUT2D eigenvalue weighted by molar-refractivity contribution is 6.34. The summed E-state index contributed by atoms with van der Waals surface area (Å²) in [6, 6.07) is 4.87. The van der Waals surface area contributed by atoms with Crippen LogP contribution in [0.2, 0.25) is 5.02 Å². The number of carbonyl (C=O) groups is 2. The lowest BCUT2D eigenvalue weighted by atomic mass is 9.85. The summed E-state index contributed by atoms with van der Waals surface area (Å²) >= 11 is 6.00. The molecule has 0 aromatic heterocycles. The summed E-state index contributed by atoms with van der Waals surface area (Å²) in [4.78, 5) is 23.2. The lowest BCUT2D eigenvalue weighted by Crippen LogP contribution is -2.39. The standard InChI is InChI=1S/C14H18ClN3O2/c15-12-6-3-9(16)7-11(12)14(20)18-10-4-1-8(2-5-10)13(17)19/h3,6-8,10H,1-2,4-5,16H2,(H2,17,19)(H,18,20). The number of nitrogen functional groups attached to an aromatic ring is 1. The Bertz CT molecular complexity index is 525. The summed E-state index contributed by atoms with van der Waals surface area (Å²) in [5.41, 5.74) is 11.8. The lowest BCUT2D eigenvalue weighted by molar-refractivity contribution is -0.122. The zero-order valence-electron chi connectivity index (χ0n) is 11.1. The molecule has 5 nitrogen and oxygen atoms in total. The van der Waals surface area contributed by atoms with Crippen LogP contribution in [0.4, 0.5) is 5.69 Å². The molecular weight excluding hydrogens is 278 g/mol. The monoisotopic (exact) mass is 295 g/mol. The van der Waals surface area contributed by atoms with Gasteiger partial charge in [0.2, 0.25) is 5.91 Å². The molecule has 20 heavy (non-hydrogen) atoms. The van der Waals surface area contributed by atoms with Gasteiger partial charge in [0, 0.05) is 17.6 Å². The van der Waals surface area contributed by atoms with Crippen LogP contribution < -0.4 is 16.8 Å². The van der Waals surface area contributed by atoms with Crippen molar-refractivity contribution in [2.75, 3.05) is 5.73 Å². The fourth-order valence-corrected chi connectivity index (χ4v) is 2.71. The third kappa shape index (κ3) is 3.42. The van der Waals surface area contributed by atoms with Crippen LogP contribution in [0.1, 0.15) is 36.0 Å². The molecule has 0 heterocycles. The molecule has 0 bridgehead atoms. The minimum atomic E-state index is -0.256. The van der Waals surface area contributed by atoms with Gasteiger partial charge in [-0.1, -0.05) is 11.6 Å². The van der Waals surface area contributed by atoms with Gasteiger partial charge in [0.1, 0.15) is 0 Å². The largest absolute Gasteiger partial charge is 0.399 e. The zero-order chi connectivity index (χ0) is 14.7. The average molecular weight is 296 g/mol. The number of nitrogens with one attached hydrogen (secondary N) is 1. The number of hydrogen-bond acceptors (Lipinski definition) is 3. The van der Waals surface area contributed by atoms with Gasteiger partial charge in [0.05, 0.1) is 10.6 Å². The Hall–Kier alpha value is -1.75. The molecule has 108 valence electrons. The molecule has 0 aliphatic heterocycles. The molecule has 1 saturated carbocycles. The molecule has 2 rings (SSSR count). The van der Waals surface area contributed by atoms with Crippen LogP contribution in [0.25, 0.3) is 0 Å². The van der Waals surface area contributed by atoms with Crippen LogP contribution in [-0.4, -0.2) is 17.9 Å². The van der Waals surface area contributed by atoms with E-state index in [1.54, 1.807) is 18.2 Å². The van der Waals surface area contributed by atoms with E-state index in [1.165, 1.54) is 0 Å². The summed E-state index contributed by atoms with van der Waals surface area (Å²) in [5, 5.41) is 3.31. The summed E-state index contributed by atoms with van der Waals surface area (Å²) in [7, 11) is 0. The van der Waals surface area contributed by atoms with E-state index >= 15 is 0 Å². The molecule has 1 fully saturated rings. The maximum Gasteiger partial charge on any atom is 0.253 e. The molecule has 0 saturated heterocycles. The average Bonchev–Trinajstić information content (AvgIpc) is 2.42. The van der Waals surface area contributed by atoms with Crippen LogP contribution in [0.3, 0.4) is 0 Å². The summed E-state index contributed by atoms with van der Waals surface area (Å²) in [6.45, 7) is 0. The van der Waals surface area contributed by atoms with Crippen molar-refractivity contribution in [1.29, 1.82) is 0 Å². The van der Waals surface area contributed by atoms with Gasteiger partial charge in [-0.2, -0.15) is 0 Å².